The standard InChI is InChI=1S/C19H27N4O9PS/c1-13-11-23(19(26)22-17(13)25)18-16(29-10-9-28-2)15(24)14(32-18)12-34-33(27,30-7-3-5-20)31-8-4-6-21/h11,14-16,18,24H,3-4,7-10,12H2,1-2H3,(H,22,25,26)/t14-,15-,16-,18?/m1/s1. The van der Waals surface area contributed by atoms with Gasteiger partial charge in [0.2, 0.25) is 0 Å². The normalized spacial score (nSPS) is 22.4. The Labute approximate surface area is 199 Å². The van der Waals surface area contributed by atoms with Gasteiger partial charge in [-0.3, -0.25) is 23.4 Å². The molecule has 2 N–H and O–H groups in total. The second-order valence-corrected chi connectivity index (χ2v) is 11.2. The van der Waals surface area contributed by atoms with Gasteiger partial charge in [-0.25, -0.2) is 9.36 Å². The van der Waals surface area contributed by atoms with Crippen LogP contribution in [0.1, 0.15) is 24.6 Å². The van der Waals surface area contributed by atoms with Crippen molar-refractivity contribution in [2.75, 3.05) is 39.3 Å². The number of rotatable bonds is 14. The lowest BCUT2D eigenvalue weighted by atomic mass is 10.1. The number of hydrogen-bond donors (Lipinski definition) is 2. The molecule has 1 fully saturated rings. The van der Waals surface area contributed by atoms with Gasteiger partial charge in [-0.1, -0.05) is 0 Å². The molecule has 0 radical (unpaired) electrons. The first-order chi connectivity index (χ1) is 16.3. The van der Waals surface area contributed by atoms with Crippen molar-refractivity contribution < 1.29 is 32.9 Å². The van der Waals surface area contributed by atoms with Crippen molar-refractivity contribution in [3.8, 4) is 12.1 Å². The fourth-order valence-electron chi connectivity index (χ4n) is 2.99. The van der Waals surface area contributed by atoms with Gasteiger partial charge in [0.1, 0.15) is 12.2 Å². The Balaban J connectivity index is 2.21. The first-order valence-electron chi connectivity index (χ1n) is 10.3. The van der Waals surface area contributed by atoms with Crippen LogP contribution < -0.4 is 11.2 Å². The zero-order valence-electron chi connectivity index (χ0n) is 18.7. The van der Waals surface area contributed by atoms with Gasteiger partial charge >= 0.3 is 12.5 Å². The van der Waals surface area contributed by atoms with E-state index in [1.807, 2.05) is 12.1 Å². The quantitative estimate of drug-likeness (QED) is 0.261. The van der Waals surface area contributed by atoms with Crippen LogP contribution in [0.5, 0.6) is 0 Å². The van der Waals surface area contributed by atoms with Crippen LogP contribution in [0.25, 0.3) is 0 Å². The molecule has 0 saturated carbocycles. The van der Waals surface area contributed by atoms with Crippen LogP contribution >= 0.6 is 18.2 Å². The van der Waals surface area contributed by atoms with Gasteiger partial charge in [0.15, 0.2) is 6.23 Å². The molecule has 13 nitrogen and oxygen atoms in total. The maximum atomic E-state index is 13.0. The summed E-state index contributed by atoms with van der Waals surface area (Å²) in [6.45, 7) is -2.21. The number of H-pyrrole nitrogens is 1. The molecule has 188 valence electrons. The highest BCUT2D eigenvalue weighted by molar-refractivity contribution is 8.55. The predicted octanol–water partition coefficient (Wildman–Crippen LogP) is 0.837. The average molecular weight is 518 g/mol. The monoisotopic (exact) mass is 518 g/mol. The van der Waals surface area contributed by atoms with E-state index < -0.39 is 42.6 Å². The second kappa shape index (κ2) is 13.8. The summed E-state index contributed by atoms with van der Waals surface area (Å²) < 4.78 is 41.2. The first kappa shape index (κ1) is 28.2. The average Bonchev–Trinajstić information content (AvgIpc) is 3.11. The van der Waals surface area contributed by atoms with Crippen LogP contribution in [0.2, 0.25) is 0 Å². The minimum atomic E-state index is -3.77. The molecule has 34 heavy (non-hydrogen) atoms. The summed E-state index contributed by atoms with van der Waals surface area (Å²) in [6, 6.07) is 3.73. The molecule has 0 aliphatic carbocycles. The predicted molar refractivity (Wildman–Crippen MR) is 120 cm³/mol. The molecule has 2 rings (SSSR count). The zero-order chi connectivity index (χ0) is 25.1. The van der Waals surface area contributed by atoms with Gasteiger partial charge in [-0.2, -0.15) is 10.5 Å². The van der Waals surface area contributed by atoms with E-state index in [4.69, 9.17) is 33.8 Å². The summed E-state index contributed by atoms with van der Waals surface area (Å²) in [5, 5.41) is 28.3. The van der Waals surface area contributed by atoms with Crippen molar-refractivity contribution >= 4 is 18.2 Å². The lowest BCUT2D eigenvalue weighted by Crippen LogP contribution is -2.40. The van der Waals surface area contributed by atoms with Gasteiger partial charge < -0.3 is 19.3 Å². The number of aliphatic hydroxyl groups is 1. The number of aryl methyl sites for hydroxylation is 1. The molecular weight excluding hydrogens is 491 g/mol. The number of hydrogen-bond acceptors (Lipinski definition) is 12. The van der Waals surface area contributed by atoms with Crippen LogP contribution in [-0.2, 0) is 27.8 Å². The molecule has 0 bridgehead atoms. The minimum absolute atomic E-state index is 0.0132. The first-order valence-corrected chi connectivity index (χ1v) is 13.4. The van der Waals surface area contributed by atoms with Crippen molar-refractivity contribution in [1.82, 2.24) is 9.55 Å². The number of nitriles is 2. The Hall–Kier alpha value is -2.00. The molecule has 0 spiro atoms. The largest absolute Gasteiger partial charge is 0.389 e. The van der Waals surface area contributed by atoms with E-state index in [0.717, 1.165) is 15.9 Å². The molecule has 1 aromatic rings. The van der Waals surface area contributed by atoms with Crippen LogP contribution in [0.3, 0.4) is 0 Å². The van der Waals surface area contributed by atoms with Crippen molar-refractivity contribution in [1.29, 1.82) is 10.5 Å². The zero-order valence-corrected chi connectivity index (χ0v) is 20.5. The topological polar surface area (TPSA) is 186 Å². The van der Waals surface area contributed by atoms with Crippen LogP contribution in [0.15, 0.2) is 15.8 Å². The van der Waals surface area contributed by atoms with E-state index in [1.54, 1.807) is 0 Å². The number of nitrogens with zero attached hydrogens (tertiary/aromatic N) is 3. The van der Waals surface area contributed by atoms with E-state index in [-0.39, 0.29) is 50.6 Å². The van der Waals surface area contributed by atoms with Gasteiger partial charge in [0.25, 0.3) is 5.56 Å². The van der Waals surface area contributed by atoms with E-state index in [9.17, 15) is 19.3 Å². The van der Waals surface area contributed by atoms with Crippen LogP contribution in [-0.4, -0.2) is 72.3 Å². The van der Waals surface area contributed by atoms with E-state index in [0.29, 0.717) is 0 Å². The smallest absolute Gasteiger partial charge is 0.387 e. The molecular formula is C19H27N4O9PS. The summed E-state index contributed by atoms with van der Waals surface area (Å²) in [5.74, 6) is -0.0741. The molecule has 1 aliphatic heterocycles. The summed E-state index contributed by atoms with van der Waals surface area (Å²) in [6.07, 6.45) is -2.99. The van der Waals surface area contributed by atoms with E-state index in [2.05, 4.69) is 4.98 Å². The van der Waals surface area contributed by atoms with E-state index in [1.165, 1.54) is 20.2 Å². The van der Waals surface area contributed by atoms with Crippen molar-refractivity contribution in [2.45, 2.75) is 44.3 Å². The molecule has 1 saturated heterocycles. The van der Waals surface area contributed by atoms with Crippen molar-refractivity contribution in [3.05, 3.63) is 32.6 Å². The van der Waals surface area contributed by atoms with Gasteiger partial charge in [-0.05, 0) is 18.3 Å². The summed E-state index contributed by atoms with van der Waals surface area (Å²) in [4.78, 5) is 26.3. The summed E-state index contributed by atoms with van der Waals surface area (Å²) in [7, 11) is 1.48. The number of ether oxygens (including phenoxy) is 3. The lowest BCUT2D eigenvalue weighted by Gasteiger charge is -2.22. The molecule has 2 heterocycles. The molecule has 15 heteroatoms. The van der Waals surface area contributed by atoms with Crippen molar-refractivity contribution in [3.63, 3.8) is 0 Å². The number of nitrogens with one attached hydrogen (secondary N) is 1. The number of aliphatic hydroxyl groups excluding tert-OH is 1. The SMILES string of the molecule is COCCO[C@H]1C(n2cc(C)c(=O)[nH]c2=O)O[C@H](CSP(=O)(OCCC#N)OCCC#N)[C@H]1O. The Morgan fingerprint density at radius 1 is 1.21 bits per heavy atom. The highest BCUT2D eigenvalue weighted by Crippen LogP contribution is 2.61. The molecule has 4 atom stereocenters. The molecule has 1 unspecified atom stereocenters. The lowest BCUT2D eigenvalue weighted by molar-refractivity contribution is -0.0789. The number of methoxy groups -OCH3 is 1. The fraction of sp³-hybridized carbons (Fsp3) is 0.684. The van der Waals surface area contributed by atoms with E-state index >= 15 is 0 Å². The second-order valence-electron chi connectivity index (χ2n) is 7.09. The fourth-order valence-corrected chi connectivity index (χ4v) is 6.33. The van der Waals surface area contributed by atoms with Crippen molar-refractivity contribution in [2.24, 2.45) is 0 Å². The van der Waals surface area contributed by atoms with Gasteiger partial charge in [0, 0.05) is 24.6 Å². The summed E-state index contributed by atoms with van der Waals surface area (Å²) in [5.41, 5.74) is -1.03. The van der Waals surface area contributed by atoms with Crippen LogP contribution in [0, 0.1) is 29.6 Å². The molecule has 1 aromatic heterocycles. The third-order valence-corrected chi connectivity index (χ3v) is 8.47. The van der Waals surface area contributed by atoms with Gasteiger partial charge in [0.05, 0.1) is 57.5 Å². The molecule has 1 aliphatic rings. The maximum Gasteiger partial charge on any atom is 0.389 e. The minimum Gasteiger partial charge on any atom is -0.387 e. The Morgan fingerprint density at radius 2 is 1.85 bits per heavy atom. The molecule has 0 amide bonds. The third kappa shape index (κ3) is 7.77. The van der Waals surface area contributed by atoms with Gasteiger partial charge in [-0.15, -0.1) is 0 Å². The highest BCUT2D eigenvalue weighted by Gasteiger charge is 2.47. The number of aromatic nitrogens is 2. The summed E-state index contributed by atoms with van der Waals surface area (Å²) >= 11 is 0.745. The Bertz CT molecular complexity index is 1030. The van der Waals surface area contributed by atoms with Crippen LogP contribution in [0.4, 0.5) is 0 Å². The third-order valence-electron chi connectivity index (χ3n) is 4.65. The highest BCUT2D eigenvalue weighted by atomic mass is 32.7. The number of aromatic amines is 1. The Kier molecular flexibility index (Phi) is 11.4. The maximum absolute atomic E-state index is 13.0. The molecule has 0 aromatic carbocycles. The Morgan fingerprint density at radius 3 is 2.44 bits per heavy atom.